The van der Waals surface area contributed by atoms with E-state index in [0.29, 0.717) is 0 Å². The molecular weight excluding hydrogens is 398 g/mol. The molecule has 0 aromatic rings. The molecule has 0 aromatic heterocycles. The molecule has 0 spiro atoms. The Morgan fingerprint density at radius 1 is 0.588 bits per heavy atom. The van der Waals surface area contributed by atoms with Gasteiger partial charge in [-0.2, -0.15) is 0 Å². The summed E-state index contributed by atoms with van der Waals surface area (Å²) in [6.07, 6.45) is 13.2. The zero-order chi connectivity index (χ0) is 13.0. The van der Waals surface area contributed by atoms with Crippen LogP contribution >= 0.6 is 18.0 Å². The average Bonchev–Trinajstić information content (AvgIpc) is 2.30. The van der Waals surface area contributed by atoms with E-state index in [9.17, 15) is 0 Å². The van der Waals surface area contributed by atoms with Crippen molar-refractivity contribution in [2.24, 2.45) is 0 Å². The first kappa shape index (κ1) is 18.6. The van der Waals surface area contributed by atoms with E-state index in [-0.39, 0.29) is 0 Å². The standard InChI is InChI=1S/3C5H11.HI.Zr/c3*1-3-5-4-2;;/h3*1,3-5H2,2H3;1H;/q;;;;+1/p-1. The monoisotopic (exact) mass is 430 g/mol. The zero-order valence-electron chi connectivity index (χ0n) is 12.4. The molecule has 0 rings (SSSR count). The molecule has 0 aliphatic heterocycles. The van der Waals surface area contributed by atoms with Gasteiger partial charge >= 0.3 is 125 Å². The van der Waals surface area contributed by atoms with Crippen LogP contribution in [0.15, 0.2) is 0 Å². The first-order valence-corrected chi connectivity index (χ1v) is 20.4. The summed E-state index contributed by atoms with van der Waals surface area (Å²) in [6, 6.07) is 0. The Labute approximate surface area is 124 Å². The molecule has 0 radical (unpaired) electrons. The summed E-state index contributed by atoms with van der Waals surface area (Å²) in [6.45, 7) is 7.00. The predicted molar refractivity (Wildman–Crippen MR) is 87.0 cm³/mol. The molecule has 2 heteroatoms. The molecule has 0 saturated heterocycles. The fourth-order valence-corrected chi connectivity index (χ4v) is 17.6. The first-order valence-electron chi connectivity index (χ1n) is 7.87. The van der Waals surface area contributed by atoms with Crippen LogP contribution in [0.3, 0.4) is 0 Å². The van der Waals surface area contributed by atoms with E-state index in [1.165, 1.54) is 57.8 Å². The summed E-state index contributed by atoms with van der Waals surface area (Å²) in [7, 11) is 0. The van der Waals surface area contributed by atoms with Crippen LogP contribution in [0.2, 0.25) is 12.4 Å². The van der Waals surface area contributed by atoms with Gasteiger partial charge in [-0.15, -0.1) is 0 Å². The van der Waals surface area contributed by atoms with E-state index >= 15 is 0 Å². The average molecular weight is 432 g/mol. The van der Waals surface area contributed by atoms with Crippen LogP contribution in [-0.2, 0) is 16.1 Å². The Balaban J connectivity index is 3.95. The number of rotatable bonds is 12. The Morgan fingerprint density at radius 3 is 1.12 bits per heavy atom. The van der Waals surface area contributed by atoms with Crippen LogP contribution in [-0.4, -0.2) is 0 Å². The molecule has 104 valence electrons. The zero-order valence-corrected chi connectivity index (χ0v) is 17.0. The van der Waals surface area contributed by atoms with Gasteiger partial charge in [-0.05, 0) is 0 Å². The molecule has 0 aromatic carbocycles. The van der Waals surface area contributed by atoms with Gasteiger partial charge in [0, 0.05) is 0 Å². The Kier molecular flexibility index (Phi) is 13.8. The first-order chi connectivity index (χ1) is 8.18. The fraction of sp³-hybridized carbons (Fsp3) is 1.00. The van der Waals surface area contributed by atoms with Crippen molar-refractivity contribution in [2.45, 2.75) is 90.9 Å². The molecule has 0 fully saturated rings. The second kappa shape index (κ2) is 12.6. The van der Waals surface area contributed by atoms with Crippen LogP contribution in [0.5, 0.6) is 0 Å². The van der Waals surface area contributed by atoms with E-state index in [1.807, 2.05) is 0 Å². The van der Waals surface area contributed by atoms with Gasteiger partial charge < -0.3 is 0 Å². The molecule has 17 heavy (non-hydrogen) atoms. The summed E-state index contributed by atoms with van der Waals surface area (Å²) in [5, 5.41) is 0. The van der Waals surface area contributed by atoms with Crippen molar-refractivity contribution in [3.05, 3.63) is 0 Å². The van der Waals surface area contributed by atoms with Gasteiger partial charge in [0.05, 0.1) is 0 Å². The third-order valence-electron chi connectivity index (χ3n) is 3.69. The normalized spacial score (nSPS) is 12.0. The molecule has 0 atom stereocenters. The molecule has 0 bridgehead atoms. The fourth-order valence-electron chi connectivity index (χ4n) is 2.45. The number of hydrogen-bond donors (Lipinski definition) is 0. The van der Waals surface area contributed by atoms with Crippen LogP contribution in [0, 0.1) is 0 Å². The number of halogens is 1. The summed E-state index contributed by atoms with van der Waals surface area (Å²) in [4.78, 5) is 0. The van der Waals surface area contributed by atoms with Crippen molar-refractivity contribution in [3.63, 3.8) is 0 Å². The van der Waals surface area contributed by atoms with Crippen molar-refractivity contribution >= 4 is 18.0 Å². The maximum absolute atomic E-state index is 3.00. The van der Waals surface area contributed by atoms with Crippen molar-refractivity contribution < 1.29 is 16.1 Å². The molecule has 0 amide bonds. The van der Waals surface area contributed by atoms with Gasteiger partial charge in [0.15, 0.2) is 0 Å². The van der Waals surface area contributed by atoms with Crippen LogP contribution in [0.4, 0.5) is 0 Å². The van der Waals surface area contributed by atoms with Gasteiger partial charge in [-0.1, -0.05) is 0 Å². The van der Waals surface area contributed by atoms with E-state index < -0.39 is 16.1 Å². The van der Waals surface area contributed by atoms with E-state index in [2.05, 4.69) is 38.8 Å². The van der Waals surface area contributed by atoms with Gasteiger partial charge in [0.25, 0.3) is 0 Å². The molecule has 0 N–H and O–H groups in total. The molecule has 0 aliphatic carbocycles. The molecule has 0 saturated carbocycles. The van der Waals surface area contributed by atoms with Crippen molar-refractivity contribution in [3.8, 4) is 0 Å². The quantitative estimate of drug-likeness (QED) is 0.224. The summed E-state index contributed by atoms with van der Waals surface area (Å²) < 4.78 is 4.99. The number of hydrogen-bond acceptors (Lipinski definition) is 0. The SMILES string of the molecule is CCCC[CH2][Zr]([I])([CH2]CCCC)[CH2]CCCC. The Hall–Kier alpha value is 1.61. The third kappa shape index (κ3) is 11.2. The predicted octanol–water partition coefficient (Wildman–Crippen LogP) is 7.32. The molecular formula is C15H33IZr. The molecule has 0 aliphatic rings. The van der Waals surface area contributed by atoms with Gasteiger partial charge in [-0.25, -0.2) is 0 Å². The van der Waals surface area contributed by atoms with Crippen LogP contribution in [0.1, 0.15) is 78.6 Å². The minimum absolute atomic E-state index is 1.39. The summed E-state index contributed by atoms with van der Waals surface area (Å²) in [5.41, 5.74) is 0. The molecule has 0 unspecified atom stereocenters. The second-order valence-electron chi connectivity index (χ2n) is 5.52. The Bertz CT molecular complexity index is 132. The molecule has 0 nitrogen and oxygen atoms in total. The van der Waals surface area contributed by atoms with E-state index in [1.54, 1.807) is 12.4 Å². The van der Waals surface area contributed by atoms with Gasteiger partial charge in [-0.3, -0.25) is 0 Å². The maximum atomic E-state index is 3.00. The number of unbranched alkanes of at least 4 members (excludes halogenated alkanes) is 6. The van der Waals surface area contributed by atoms with Gasteiger partial charge in [0.1, 0.15) is 0 Å². The van der Waals surface area contributed by atoms with E-state index in [4.69, 9.17) is 0 Å². The van der Waals surface area contributed by atoms with Gasteiger partial charge in [0.2, 0.25) is 0 Å². The third-order valence-corrected chi connectivity index (χ3v) is 22.5. The van der Waals surface area contributed by atoms with E-state index in [0.717, 1.165) is 0 Å². The van der Waals surface area contributed by atoms with Crippen LogP contribution < -0.4 is 0 Å². The minimum atomic E-state index is -1.67. The topological polar surface area (TPSA) is 0 Å². The Morgan fingerprint density at radius 2 is 0.882 bits per heavy atom. The molecule has 0 heterocycles. The summed E-state index contributed by atoms with van der Waals surface area (Å²) in [5.74, 6) is 0. The van der Waals surface area contributed by atoms with Crippen molar-refractivity contribution in [1.82, 2.24) is 0 Å². The second-order valence-corrected chi connectivity index (χ2v) is 28.4. The van der Waals surface area contributed by atoms with Crippen LogP contribution in [0.25, 0.3) is 0 Å². The van der Waals surface area contributed by atoms with Crippen molar-refractivity contribution in [2.75, 3.05) is 0 Å². The summed E-state index contributed by atoms with van der Waals surface area (Å²) >= 11 is 1.34. The van der Waals surface area contributed by atoms with Crippen molar-refractivity contribution in [1.29, 1.82) is 0 Å².